The van der Waals surface area contributed by atoms with Crippen LogP contribution < -0.4 is 10.6 Å². The van der Waals surface area contributed by atoms with Crippen LogP contribution in [0.25, 0.3) is 5.65 Å². The monoisotopic (exact) mass is 312 g/mol. The van der Waals surface area contributed by atoms with Crippen molar-refractivity contribution in [1.29, 1.82) is 0 Å². The number of nitrogens with zero attached hydrogens (tertiary/aromatic N) is 6. The summed E-state index contributed by atoms with van der Waals surface area (Å²) in [7, 11) is 3.60. The van der Waals surface area contributed by atoms with Crippen molar-refractivity contribution in [3.05, 3.63) is 47.9 Å². The highest BCUT2D eigenvalue weighted by Crippen LogP contribution is 2.08. The van der Waals surface area contributed by atoms with E-state index in [0.717, 1.165) is 22.9 Å². The maximum atomic E-state index is 4.60. The first kappa shape index (κ1) is 15.0. The van der Waals surface area contributed by atoms with Gasteiger partial charge in [-0.3, -0.25) is 9.67 Å². The summed E-state index contributed by atoms with van der Waals surface area (Å²) in [6.45, 7) is 3.22. The van der Waals surface area contributed by atoms with E-state index in [1.54, 1.807) is 11.7 Å². The molecule has 0 spiro atoms. The van der Waals surface area contributed by atoms with E-state index in [4.69, 9.17) is 0 Å². The minimum Gasteiger partial charge on any atom is -0.351 e. The minimum absolute atomic E-state index is 0.556. The van der Waals surface area contributed by atoms with E-state index in [1.165, 1.54) is 6.33 Å². The Morgan fingerprint density at radius 1 is 1.26 bits per heavy atom. The molecule has 0 aliphatic rings. The van der Waals surface area contributed by atoms with E-state index in [9.17, 15) is 0 Å². The summed E-state index contributed by atoms with van der Waals surface area (Å²) < 4.78 is 3.80. The Kier molecular flexibility index (Phi) is 4.22. The molecule has 0 fully saturated rings. The van der Waals surface area contributed by atoms with Crippen LogP contribution in [0.1, 0.15) is 17.2 Å². The van der Waals surface area contributed by atoms with Crippen molar-refractivity contribution < 1.29 is 0 Å². The lowest BCUT2D eigenvalue weighted by Crippen LogP contribution is -2.37. The molecule has 0 radical (unpaired) electrons. The van der Waals surface area contributed by atoms with Crippen molar-refractivity contribution in [2.45, 2.75) is 20.0 Å². The molecule has 120 valence electrons. The Labute approximate surface area is 134 Å². The molecule has 8 heteroatoms. The average molecular weight is 312 g/mol. The molecule has 0 amide bonds. The topological polar surface area (TPSA) is 84.4 Å². The van der Waals surface area contributed by atoms with Gasteiger partial charge in [0, 0.05) is 26.0 Å². The number of fused-ring (bicyclic) bond motifs is 1. The van der Waals surface area contributed by atoms with E-state index >= 15 is 0 Å². The minimum atomic E-state index is 0.556. The van der Waals surface area contributed by atoms with E-state index in [1.807, 2.05) is 25.4 Å². The van der Waals surface area contributed by atoms with E-state index in [-0.39, 0.29) is 0 Å². The number of aliphatic imine (C=N–C) groups is 1. The second-order valence-electron chi connectivity index (χ2n) is 5.21. The van der Waals surface area contributed by atoms with E-state index in [2.05, 4.69) is 48.1 Å². The zero-order valence-electron chi connectivity index (χ0n) is 13.5. The van der Waals surface area contributed by atoms with Gasteiger partial charge in [0.05, 0.1) is 18.8 Å². The number of hydrogen-bond donors (Lipinski definition) is 2. The maximum absolute atomic E-state index is 4.60. The Morgan fingerprint density at radius 3 is 2.78 bits per heavy atom. The molecule has 3 aromatic rings. The van der Waals surface area contributed by atoms with Crippen LogP contribution in [0.2, 0.25) is 0 Å². The highest BCUT2D eigenvalue weighted by Gasteiger charge is 2.05. The number of rotatable bonds is 4. The summed E-state index contributed by atoms with van der Waals surface area (Å²) in [4.78, 5) is 13.0. The molecule has 0 aromatic carbocycles. The first-order chi connectivity index (χ1) is 11.2. The van der Waals surface area contributed by atoms with E-state index in [0.29, 0.717) is 19.0 Å². The van der Waals surface area contributed by atoms with Crippen LogP contribution in [0.4, 0.5) is 0 Å². The Morgan fingerprint density at radius 2 is 2.09 bits per heavy atom. The highest BCUT2D eigenvalue weighted by molar-refractivity contribution is 5.79. The SMILES string of the molecule is CN=C(NCc1cn2c(C)cccc2n1)NCc1ncnn1C. The lowest BCUT2D eigenvalue weighted by Gasteiger charge is -2.10. The normalized spacial score (nSPS) is 11.9. The van der Waals surface area contributed by atoms with Gasteiger partial charge in [0.25, 0.3) is 0 Å². The fourth-order valence-corrected chi connectivity index (χ4v) is 2.32. The molecule has 0 saturated carbocycles. The zero-order valence-corrected chi connectivity index (χ0v) is 13.5. The van der Waals surface area contributed by atoms with Gasteiger partial charge in [-0.25, -0.2) is 9.97 Å². The maximum Gasteiger partial charge on any atom is 0.191 e. The van der Waals surface area contributed by atoms with Gasteiger partial charge in [-0.2, -0.15) is 5.10 Å². The van der Waals surface area contributed by atoms with Gasteiger partial charge in [0.15, 0.2) is 5.96 Å². The van der Waals surface area contributed by atoms with Crippen molar-refractivity contribution in [1.82, 2.24) is 34.8 Å². The smallest absolute Gasteiger partial charge is 0.191 e. The molecule has 3 rings (SSSR count). The van der Waals surface area contributed by atoms with Crippen molar-refractivity contribution in [3.8, 4) is 0 Å². The van der Waals surface area contributed by atoms with Crippen LogP contribution in [0, 0.1) is 6.92 Å². The van der Waals surface area contributed by atoms with Gasteiger partial charge in [-0.15, -0.1) is 0 Å². The molecular weight excluding hydrogens is 292 g/mol. The van der Waals surface area contributed by atoms with Crippen LogP contribution in [0.15, 0.2) is 35.7 Å². The van der Waals surface area contributed by atoms with Crippen molar-refractivity contribution in [2.75, 3.05) is 7.05 Å². The second-order valence-corrected chi connectivity index (χ2v) is 5.21. The van der Waals surface area contributed by atoms with Crippen LogP contribution in [-0.4, -0.2) is 37.2 Å². The predicted octanol–water partition coefficient (Wildman–Crippen LogP) is 0.636. The van der Waals surface area contributed by atoms with Gasteiger partial charge in [0.2, 0.25) is 0 Å². The number of pyridine rings is 1. The number of hydrogen-bond acceptors (Lipinski definition) is 4. The lowest BCUT2D eigenvalue weighted by molar-refractivity contribution is 0.672. The summed E-state index contributed by atoms with van der Waals surface area (Å²) in [5.41, 5.74) is 3.07. The Balaban J connectivity index is 1.61. The molecule has 3 aromatic heterocycles. The van der Waals surface area contributed by atoms with Crippen LogP contribution in [0.5, 0.6) is 0 Å². The van der Waals surface area contributed by atoms with Gasteiger partial charge < -0.3 is 15.0 Å². The molecular formula is C15H20N8. The predicted molar refractivity (Wildman–Crippen MR) is 88.0 cm³/mol. The van der Waals surface area contributed by atoms with Crippen LogP contribution in [-0.2, 0) is 20.1 Å². The number of guanidine groups is 1. The largest absolute Gasteiger partial charge is 0.351 e. The van der Waals surface area contributed by atoms with Crippen LogP contribution in [0.3, 0.4) is 0 Å². The number of aromatic nitrogens is 5. The first-order valence-corrected chi connectivity index (χ1v) is 7.38. The zero-order chi connectivity index (χ0) is 16.2. The van der Waals surface area contributed by atoms with Crippen molar-refractivity contribution in [3.63, 3.8) is 0 Å². The molecule has 3 heterocycles. The van der Waals surface area contributed by atoms with Crippen molar-refractivity contribution >= 4 is 11.6 Å². The fourth-order valence-electron chi connectivity index (χ4n) is 2.32. The quantitative estimate of drug-likeness (QED) is 0.545. The summed E-state index contributed by atoms with van der Waals surface area (Å²) in [5, 5.41) is 10.5. The summed E-state index contributed by atoms with van der Waals surface area (Å²) in [6, 6.07) is 6.07. The van der Waals surface area contributed by atoms with Crippen LogP contribution >= 0.6 is 0 Å². The summed E-state index contributed by atoms with van der Waals surface area (Å²) in [5.74, 6) is 1.54. The fraction of sp³-hybridized carbons (Fsp3) is 0.333. The average Bonchev–Trinajstić information content (AvgIpc) is 3.14. The van der Waals surface area contributed by atoms with E-state index < -0.39 is 0 Å². The third kappa shape index (κ3) is 3.31. The van der Waals surface area contributed by atoms with Crippen molar-refractivity contribution in [2.24, 2.45) is 12.0 Å². The van der Waals surface area contributed by atoms with Gasteiger partial charge in [-0.1, -0.05) is 6.07 Å². The molecule has 0 bridgehead atoms. The van der Waals surface area contributed by atoms with Gasteiger partial charge >= 0.3 is 0 Å². The number of nitrogens with one attached hydrogen (secondary N) is 2. The molecule has 2 N–H and O–H groups in total. The molecule has 0 atom stereocenters. The Hall–Kier alpha value is -2.90. The molecule has 0 unspecified atom stereocenters. The lowest BCUT2D eigenvalue weighted by atomic mass is 10.4. The van der Waals surface area contributed by atoms with Gasteiger partial charge in [-0.05, 0) is 19.1 Å². The third-order valence-corrected chi connectivity index (χ3v) is 3.63. The standard InChI is InChI=1S/C15H20N8/c1-11-5-4-6-13-21-12(9-23(11)13)7-17-15(16-2)18-8-14-19-10-20-22(14)3/h4-6,9-10H,7-8H2,1-3H3,(H2,16,17,18). The third-order valence-electron chi connectivity index (χ3n) is 3.63. The molecule has 8 nitrogen and oxygen atoms in total. The Bertz CT molecular complexity index is 829. The summed E-state index contributed by atoms with van der Waals surface area (Å²) >= 11 is 0. The number of imidazole rings is 1. The highest BCUT2D eigenvalue weighted by atomic mass is 15.3. The second kappa shape index (κ2) is 6.47. The van der Waals surface area contributed by atoms with Gasteiger partial charge in [0.1, 0.15) is 17.8 Å². The molecule has 0 aliphatic heterocycles. The number of aryl methyl sites for hydroxylation is 2. The summed E-state index contributed by atoms with van der Waals surface area (Å²) in [6.07, 6.45) is 3.57. The molecule has 0 aliphatic carbocycles. The molecule has 23 heavy (non-hydrogen) atoms. The first-order valence-electron chi connectivity index (χ1n) is 7.38. The molecule has 0 saturated heterocycles.